The highest BCUT2D eigenvalue weighted by Crippen LogP contribution is 2.16. The molecule has 0 fully saturated rings. The number of nitrogens with two attached hydrogens (primary N) is 1. The summed E-state index contributed by atoms with van der Waals surface area (Å²) in [6, 6.07) is 8.68. The molecule has 1 aromatic carbocycles. The van der Waals surface area contributed by atoms with Gasteiger partial charge in [-0.1, -0.05) is 26.0 Å². The van der Waals surface area contributed by atoms with Gasteiger partial charge in [-0.15, -0.1) is 0 Å². The van der Waals surface area contributed by atoms with Crippen LogP contribution in [-0.2, 0) is 6.54 Å². The number of nitrogens with zero attached hydrogens (tertiary/aromatic N) is 1. The first kappa shape index (κ1) is 13.9. The molecule has 0 aliphatic rings. The van der Waals surface area contributed by atoms with Crippen LogP contribution in [-0.4, -0.2) is 25.0 Å². The van der Waals surface area contributed by atoms with E-state index in [0.29, 0.717) is 0 Å². The van der Waals surface area contributed by atoms with Crippen molar-refractivity contribution >= 4 is 22.6 Å². The van der Waals surface area contributed by atoms with E-state index in [-0.39, 0.29) is 5.41 Å². The fraction of sp³-hybridized carbons (Fsp3) is 0.538. The number of benzene rings is 1. The van der Waals surface area contributed by atoms with Crippen molar-refractivity contribution in [3.05, 3.63) is 33.4 Å². The molecular weight excluding hydrogens is 311 g/mol. The average molecular weight is 332 g/mol. The Kier molecular flexibility index (Phi) is 5.21. The van der Waals surface area contributed by atoms with E-state index in [0.717, 1.165) is 19.6 Å². The summed E-state index contributed by atoms with van der Waals surface area (Å²) in [6.07, 6.45) is 0. The Morgan fingerprint density at radius 3 is 2.31 bits per heavy atom. The fourth-order valence-electron chi connectivity index (χ4n) is 1.75. The third-order valence-corrected chi connectivity index (χ3v) is 3.34. The zero-order chi connectivity index (χ0) is 12.2. The van der Waals surface area contributed by atoms with Gasteiger partial charge in [0.05, 0.1) is 0 Å². The summed E-state index contributed by atoms with van der Waals surface area (Å²) in [5.74, 6) is 0. The number of halogens is 1. The monoisotopic (exact) mass is 332 g/mol. The van der Waals surface area contributed by atoms with Gasteiger partial charge in [-0.05, 0) is 59.3 Å². The highest BCUT2D eigenvalue weighted by Gasteiger charge is 2.17. The molecule has 0 heterocycles. The molecule has 0 saturated heterocycles. The minimum absolute atomic E-state index is 0.192. The number of rotatable bonds is 5. The summed E-state index contributed by atoms with van der Waals surface area (Å²) >= 11 is 2.33. The molecule has 0 amide bonds. The van der Waals surface area contributed by atoms with E-state index < -0.39 is 0 Å². The van der Waals surface area contributed by atoms with Crippen LogP contribution in [0.1, 0.15) is 19.4 Å². The fourth-order valence-corrected chi connectivity index (χ4v) is 2.11. The lowest BCUT2D eigenvalue weighted by Gasteiger charge is -2.29. The Hall–Kier alpha value is -0.130. The lowest BCUT2D eigenvalue weighted by atomic mass is 9.93. The van der Waals surface area contributed by atoms with Crippen LogP contribution in [0.15, 0.2) is 24.3 Å². The van der Waals surface area contributed by atoms with Crippen LogP contribution < -0.4 is 5.73 Å². The summed E-state index contributed by atoms with van der Waals surface area (Å²) < 4.78 is 1.28. The van der Waals surface area contributed by atoms with Gasteiger partial charge in [0.2, 0.25) is 0 Å². The van der Waals surface area contributed by atoms with E-state index in [1.807, 2.05) is 0 Å². The molecule has 90 valence electrons. The van der Waals surface area contributed by atoms with Crippen molar-refractivity contribution in [1.29, 1.82) is 0 Å². The topological polar surface area (TPSA) is 29.3 Å². The zero-order valence-electron chi connectivity index (χ0n) is 10.3. The summed E-state index contributed by atoms with van der Waals surface area (Å²) in [5, 5.41) is 0. The SMILES string of the molecule is CN(Cc1ccc(I)cc1)CC(C)(C)CN. The van der Waals surface area contributed by atoms with Gasteiger partial charge in [0.1, 0.15) is 0 Å². The van der Waals surface area contributed by atoms with E-state index in [2.05, 4.69) is 72.7 Å². The van der Waals surface area contributed by atoms with E-state index in [1.54, 1.807) is 0 Å². The van der Waals surface area contributed by atoms with Gasteiger partial charge < -0.3 is 10.6 Å². The summed E-state index contributed by atoms with van der Waals surface area (Å²) in [6.45, 7) is 7.15. The normalized spacial score (nSPS) is 12.1. The van der Waals surface area contributed by atoms with Gasteiger partial charge in [0.15, 0.2) is 0 Å². The molecule has 0 atom stereocenters. The largest absolute Gasteiger partial charge is 0.330 e. The van der Waals surface area contributed by atoms with Gasteiger partial charge in [-0.25, -0.2) is 0 Å². The maximum absolute atomic E-state index is 5.74. The van der Waals surface area contributed by atoms with Crippen LogP contribution in [0.3, 0.4) is 0 Å². The van der Waals surface area contributed by atoms with Crippen molar-refractivity contribution in [2.24, 2.45) is 11.1 Å². The van der Waals surface area contributed by atoms with Crippen LogP contribution in [0.25, 0.3) is 0 Å². The van der Waals surface area contributed by atoms with Crippen LogP contribution in [0, 0.1) is 8.99 Å². The number of hydrogen-bond donors (Lipinski definition) is 1. The van der Waals surface area contributed by atoms with Gasteiger partial charge >= 0.3 is 0 Å². The predicted molar refractivity (Wildman–Crippen MR) is 78.3 cm³/mol. The molecule has 0 unspecified atom stereocenters. The van der Waals surface area contributed by atoms with Crippen LogP contribution in [0.2, 0.25) is 0 Å². The van der Waals surface area contributed by atoms with E-state index in [9.17, 15) is 0 Å². The molecule has 0 spiro atoms. The van der Waals surface area contributed by atoms with Crippen LogP contribution >= 0.6 is 22.6 Å². The zero-order valence-corrected chi connectivity index (χ0v) is 12.5. The third-order valence-electron chi connectivity index (χ3n) is 2.62. The van der Waals surface area contributed by atoms with E-state index in [1.165, 1.54) is 9.13 Å². The van der Waals surface area contributed by atoms with Crippen molar-refractivity contribution < 1.29 is 0 Å². The summed E-state index contributed by atoms with van der Waals surface area (Å²) in [4.78, 5) is 2.33. The summed E-state index contributed by atoms with van der Waals surface area (Å²) in [5.41, 5.74) is 7.29. The first-order valence-corrected chi connectivity index (χ1v) is 6.64. The molecular formula is C13H21IN2. The first-order chi connectivity index (χ1) is 7.43. The minimum atomic E-state index is 0.192. The quantitative estimate of drug-likeness (QED) is 0.840. The minimum Gasteiger partial charge on any atom is -0.330 e. The Labute approximate surface area is 112 Å². The lowest BCUT2D eigenvalue weighted by Crippen LogP contribution is -2.36. The first-order valence-electron chi connectivity index (χ1n) is 5.56. The Morgan fingerprint density at radius 2 is 1.81 bits per heavy atom. The van der Waals surface area contributed by atoms with Gasteiger partial charge in [0, 0.05) is 16.7 Å². The van der Waals surface area contributed by atoms with Crippen molar-refractivity contribution in [3.63, 3.8) is 0 Å². The highest BCUT2D eigenvalue weighted by atomic mass is 127. The number of hydrogen-bond acceptors (Lipinski definition) is 2. The standard InChI is InChI=1S/C13H21IN2/c1-13(2,9-15)10-16(3)8-11-4-6-12(14)7-5-11/h4-7H,8-10,15H2,1-3H3. The second kappa shape index (κ2) is 5.98. The molecule has 3 heteroatoms. The molecule has 1 aromatic rings. The molecule has 0 radical (unpaired) electrons. The molecule has 1 rings (SSSR count). The Bertz CT molecular complexity index is 319. The highest BCUT2D eigenvalue weighted by molar-refractivity contribution is 14.1. The molecule has 2 N–H and O–H groups in total. The third kappa shape index (κ3) is 4.80. The van der Waals surface area contributed by atoms with E-state index in [4.69, 9.17) is 5.73 Å². The van der Waals surface area contributed by atoms with Gasteiger partial charge in [0.25, 0.3) is 0 Å². The average Bonchev–Trinajstić information content (AvgIpc) is 2.21. The predicted octanol–water partition coefficient (Wildman–Crippen LogP) is 2.71. The molecule has 0 aromatic heterocycles. The maximum atomic E-state index is 5.74. The molecule has 0 aliphatic carbocycles. The lowest BCUT2D eigenvalue weighted by molar-refractivity contribution is 0.210. The van der Waals surface area contributed by atoms with Crippen LogP contribution in [0.5, 0.6) is 0 Å². The van der Waals surface area contributed by atoms with Crippen molar-refractivity contribution in [2.75, 3.05) is 20.1 Å². The van der Waals surface area contributed by atoms with Gasteiger partial charge in [-0.3, -0.25) is 0 Å². The second-order valence-electron chi connectivity index (χ2n) is 5.17. The molecule has 2 nitrogen and oxygen atoms in total. The Morgan fingerprint density at radius 1 is 1.25 bits per heavy atom. The Balaban J connectivity index is 2.51. The molecule has 16 heavy (non-hydrogen) atoms. The molecule has 0 aliphatic heterocycles. The van der Waals surface area contributed by atoms with Crippen LogP contribution in [0.4, 0.5) is 0 Å². The van der Waals surface area contributed by atoms with Crippen molar-refractivity contribution in [3.8, 4) is 0 Å². The van der Waals surface area contributed by atoms with E-state index >= 15 is 0 Å². The van der Waals surface area contributed by atoms with Crippen molar-refractivity contribution in [2.45, 2.75) is 20.4 Å². The molecule has 0 saturated carbocycles. The maximum Gasteiger partial charge on any atom is 0.0230 e. The van der Waals surface area contributed by atoms with Gasteiger partial charge in [-0.2, -0.15) is 0 Å². The second-order valence-corrected chi connectivity index (χ2v) is 6.41. The molecule has 0 bridgehead atoms. The summed E-state index contributed by atoms with van der Waals surface area (Å²) in [7, 11) is 2.15. The smallest absolute Gasteiger partial charge is 0.0230 e. The van der Waals surface area contributed by atoms with Crippen molar-refractivity contribution in [1.82, 2.24) is 4.90 Å².